The van der Waals surface area contributed by atoms with Crippen LogP contribution >= 0.6 is 22.9 Å². The predicted octanol–water partition coefficient (Wildman–Crippen LogP) is 4.63. The molecule has 4 nitrogen and oxygen atoms in total. The minimum atomic E-state index is -0.829. The number of anilines is 1. The number of fused-ring (bicyclic) bond motifs is 1. The van der Waals surface area contributed by atoms with Crippen LogP contribution in [-0.2, 0) is 9.53 Å². The van der Waals surface area contributed by atoms with Crippen LogP contribution in [0.2, 0.25) is 5.02 Å². The average Bonchev–Trinajstić information content (AvgIpc) is 2.89. The maximum absolute atomic E-state index is 13.1. The van der Waals surface area contributed by atoms with E-state index >= 15 is 0 Å². The molecular formula is C17H10ClF2NO3S. The van der Waals surface area contributed by atoms with Gasteiger partial charge in [0, 0.05) is 21.8 Å². The van der Waals surface area contributed by atoms with Crippen molar-refractivity contribution >= 4 is 50.6 Å². The van der Waals surface area contributed by atoms with E-state index in [1.165, 1.54) is 0 Å². The topological polar surface area (TPSA) is 55.4 Å². The number of nitrogens with one attached hydrogen (secondary N) is 1. The summed E-state index contributed by atoms with van der Waals surface area (Å²) in [6.45, 7) is -0.610. The lowest BCUT2D eigenvalue weighted by Crippen LogP contribution is -2.20. The summed E-state index contributed by atoms with van der Waals surface area (Å²) in [7, 11) is 0. The Bertz CT molecular complexity index is 953. The number of benzene rings is 2. The molecule has 0 fully saturated rings. The van der Waals surface area contributed by atoms with Gasteiger partial charge in [0.1, 0.15) is 16.5 Å². The summed E-state index contributed by atoms with van der Waals surface area (Å²) in [5, 5.41) is 3.23. The summed E-state index contributed by atoms with van der Waals surface area (Å²) in [4.78, 5) is 24.1. The van der Waals surface area contributed by atoms with Crippen molar-refractivity contribution in [2.45, 2.75) is 0 Å². The molecule has 1 heterocycles. The van der Waals surface area contributed by atoms with E-state index in [9.17, 15) is 18.4 Å². The fraction of sp³-hybridized carbons (Fsp3) is 0.0588. The first kappa shape index (κ1) is 17.3. The number of halogens is 3. The van der Waals surface area contributed by atoms with Crippen molar-refractivity contribution in [1.82, 2.24) is 0 Å². The molecule has 1 amide bonds. The minimum absolute atomic E-state index is 0.0709. The van der Waals surface area contributed by atoms with Gasteiger partial charge in [0.15, 0.2) is 6.61 Å². The normalized spacial score (nSPS) is 10.7. The van der Waals surface area contributed by atoms with Gasteiger partial charge in [0.25, 0.3) is 5.91 Å². The Hall–Kier alpha value is -2.51. The van der Waals surface area contributed by atoms with Crippen LogP contribution in [-0.4, -0.2) is 18.5 Å². The van der Waals surface area contributed by atoms with E-state index in [0.717, 1.165) is 33.6 Å². The van der Waals surface area contributed by atoms with Crippen LogP contribution in [0.25, 0.3) is 10.1 Å². The molecule has 0 atom stereocenters. The smallest absolute Gasteiger partial charge is 0.350 e. The molecule has 0 aliphatic heterocycles. The molecule has 25 heavy (non-hydrogen) atoms. The second-order valence-electron chi connectivity index (χ2n) is 5.02. The van der Waals surface area contributed by atoms with Crippen LogP contribution in [0.4, 0.5) is 14.5 Å². The van der Waals surface area contributed by atoms with Gasteiger partial charge in [-0.15, -0.1) is 11.3 Å². The molecular weight excluding hydrogens is 372 g/mol. The molecule has 0 bridgehead atoms. The van der Waals surface area contributed by atoms with E-state index in [1.807, 2.05) is 12.1 Å². The average molecular weight is 382 g/mol. The Morgan fingerprint density at radius 2 is 1.80 bits per heavy atom. The van der Waals surface area contributed by atoms with Gasteiger partial charge < -0.3 is 10.1 Å². The van der Waals surface area contributed by atoms with Crippen LogP contribution in [0.15, 0.2) is 42.5 Å². The van der Waals surface area contributed by atoms with Gasteiger partial charge in [-0.1, -0.05) is 29.8 Å². The quantitative estimate of drug-likeness (QED) is 0.670. The molecule has 0 saturated carbocycles. The molecule has 8 heteroatoms. The van der Waals surface area contributed by atoms with Gasteiger partial charge in [0.2, 0.25) is 0 Å². The number of carbonyl (C=O) groups excluding carboxylic acids is 2. The number of esters is 1. The van der Waals surface area contributed by atoms with Crippen molar-refractivity contribution < 1.29 is 23.1 Å². The third-order valence-electron chi connectivity index (χ3n) is 3.20. The van der Waals surface area contributed by atoms with Crippen molar-refractivity contribution in [1.29, 1.82) is 0 Å². The highest BCUT2D eigenvalue weighted by Gasteiger charge is 2.19. The number of hydrogen-bond donors (Lipinski definition) is 1. The molecule has 128 valence electrons. The van der Waals surface area contributed by atoms with Crippen LogP contribution in [0.5, 0.6) is 0 Å². The van der Waals surface area contributed by atoms with Gasteiger partial charge in [-0.25, -0.2) is 13.6 Å². The lowest BCUT2D eigenvalue weighted by atomic mass is 10.2. The SMILES string of the molecule is O=C(COC(=O)c1sc2ccccc2c1Cl)Nc1cc(F)cc(F)c1. The second kappa shape index (κ2) is 7.16. The monoisotopic (exact) mass is 381 g/mol. The first-order valence-corrected chi connectivity index (χ1v) is 8.23. The molecule has 0 aliphatic carbocycles. The van der Waals surface area contributed by atoms with Crippen molar-refractivity contribution in [3.63, 3.8) is 0 Å². The Balaban J connectivity index is 1.65. The van der Waals surface area contributed by atoms with E-state index in [1.54, 1.807) is 12.1 Å². The molecule has 1 aromatic heterocycles. The zero-order valence-corrected chi connectivity index (χ0v) is 14.1. The zero-order chi connectivity index (χ0) is 18.0. The van der Waals surface area contributed by atoms with Crippen molar-refractivity contribution in [2.24, 2.45) is 0 Å². The summed E-state index contributed by atoms with van der Waals surface area (Å²) in [5.74, 6) is -3.13. The lowest BCUT2D eigenvalue weighted by molar-refractivity contribution is -0.119. The standard InChI is InChI=1S/C17H10ClF2NO3S/c18-15-12-3-1-2-4-13(12)25-16(15)17(23)24-8-14(22)21-11-6-9(19)5-10(20)7-11/h1-7H,8H2,(H,21,22). The van der Waals surface area contributed by atoms with Gasteiger partial charge in [-0.3, -0.25) is 4.79 Å². The van der Waals surface area contributed by atoms with E-state index in [0.29, 0.717) is 6.07 Å². The number of rotatable bonds is 4. The molecule has 0 spiro atoms. The maximum atomic E-state index is 13.1. The summed E-state index contributed by atoms with van der Waals surface area (Å²) in [5.41, 5.74) is -0.0709. The van der Waals surface area contributed by atoms with E-state index in [-0.39, 0.29) is 15.6 Å². The first-order chi connectivity index (χ1) is 11.9. The second-order valence-corrected chi connectivity index (χ2v) is 6.45. The molecule has 0 aliphatic rings. The Labute approximate surface area is 150 Å². The largest absolute Gasteiger partial charge is 0.451 e. The van der Waals surface area contributed by atoms with Crippen LogP contribution in [0, 0.1) is 11.6 Å². The summed E-state index contributed by atoms with van der Waals surface area (Å²) in [6.07, 6.45) is 0. The van der Waals surface area contributed by atoms with Crippen LogP contribution in [0.1, 0.15) is 9.67 Å². The highest BCUT2D eigenvalue weighted by Crippen LogP contribution is 2.35. The Kier molecular flexibility index (Phi) is 4.96. The van der Waals surface area contributed by atoms with Crippen LogP contribution in [0.3, 0.4) is 0 Å². The third-order valence-corrected chi connectivity index (χ3v) is 4.86. The molecule has 0 radical (unpaired) electrons. The van der Waals surface area contributed by atoms with Gasteiger partial charge in [0.05, 0.1) is 5.02 Å². The van der Waals surface area contributed by atoms with Crippen molar-refractivity contribution in [3.8, 4) is 0 Å². The molecule has 0 unspecified atom stereocenters. The van der Waals surface area contributed by atoms with E-state index in [2.05, 4.69) is 5.32 Å². The number of hydrogen-bond acceptors (Lipinski definition) is 4. The van der Waals surface area contributed by atoms with Gasteiger partial charge >= 0.3 is 5.97 Å². The predicted molar refractivity (Wildman–Crippen MR) is 92.1 cm³/mol. The molecule has 2 aromatic carbocycles. The van der Waals surface area contributed by atoms with Gasteiger partial charge in [-0.05, 0) is 18.2 Å². The van der Waals surface area contributed by atoms with Crippen molar-refractivity contribution in [3.05, 3.63) is 64.0 Å². The zero-order valence-electron chi connectivity index (χ0n) is 12.5. The molecule has 1 N–H and O–H groups in total. The number of ether oxygens (including phenoxy) is 1. The fourth-order valence-electron chi connectivity index (χ4n) is 2.17. The number of carbonyl (C=O) groups is 2. The lowest BCUT2D eigenvalue weighted by Gasteiger charge is -2.06. The summed E-state index contributed by atoms with van der Waals surface area (Å²) < 4.78 is 31.9. The first-order valence-electron chi connectivity index (χ1n) is 7.04. The summed E-state index contributed by atoms with van der Waals surface area (Å²) >= 11 is 7.31. The summed E-state index contributed by atoms with van der Waals surface area (Å²) in [6, 6.07) is 9.78. The maximum Gasteiger partial charge on any atom is 0.350 e. The molecule has 3 aromatic rings. The fourth-order valence-corrected chi connectivity index (χ4v) is 3.57. The molecule has 0 saturated heterocycles. The number of amides is 1. The highest BCUT2D eigenvalue weighted by molar-refractivity contribution is 7.21. The Morgan fingerprint density at radius 3 is 2.48 bits per heavy atom. The van der Waals surface area contributed by atoms with Crippen molar-refractivity contribution in [2.75, 3.05) is 11.9 Å². The Morgan fingerprint density at radius 1 is 1.12 bits per heavy atom. The van der Waals surface area contributed by atoms with E-state index < -0.39 is 30.1 Å². The third kappa shape index (κ3) is 3.94. The van der Waals surface area contributed by atoms with E-state index in [4.69, 9.17) is 16.3 Å². The minimum Gasteiger partial charge on any atom is -0.451 e. The molecule has 3 rings (SSSR count). The van der Waals surface area contributed by atoms with Gasteiger partial charge in [-0.2, -0.15) is 0 Å². The highest BCUT2D eigenvalue weighted by atomic mass is 35.5. The van der Waals surface area contributed by atoms with Crippen LogP contribution < -0.4 is 5.32 Å². The number of thiophene rings is 1.